The van der Waals surface area contributed by atoms with Crippen LogP contribution in [0.5, 0.6) is 0 Å². The van der Waals surface area contributed by atoms with Crippen molar-refractivity contribution >= 4 is 17.1 Å². The molecule has 3 saturated heterocycles. The maximum absolute atomic E-state index is 2.75. The Morgan fingerprint density at radius 2 is 0.606 bits per heavy atom. The first-order chi connectivity index (χ1) is 16.0. The molecule has 0 aromatic heterocycles. The molecule has 6 nitrogen and oxygen atoms in total. The van der Waals surface area contributed by atoms with Crippen LogP contribution in [0, 0.1) is 0 Å². The molecule has 33 heavy (non-hydrogen) atoms. The number of hydrogen-bond donors (Lipinski definition) is 0. The number of nitrogens with zero attached hydrogens (tertiary/aromatic N) is 6. The van der Waals surface area contributed by atoms with Crippen molar-refractivity contribution in [3.8, 4) is 0 Å². The molecule has 4 rings (SSSR count). The molecule has 0 unspecified atom stereocenters. The molecule has 0 radical (unpaired) electrons. The fraction of sp³-hybridized carbons (Fsp3) is 0.778. The third-order valence-electron chi connectivity index (χ3n) is 8.23. The van der Waals surface area contributed by atoms with Gasteiger partial charge in [-0.1, -0.05) is 20.8 Å². The lowest BCUT2D eigenvalue weighted by Crippen LogP contribution is -2.48. The van der Waals surface area contributed by atoms with E-state index in [1.807, 2.05) is 0 Å². The van der Waals surface area contributed by atoms with Crippen LogP contribution in [0.2, 0.25) is 0 Å². The van der Waals surface area contributed by atoms with Crippen LogP contribution >= 0.6 is 0 Å². The Hall–Kier alpha value is -1.50. The first kappa shape index (κ1) is 24.6. The molecule has 3 heterocycles. The molecular weight excluding hydrogens is 408 g/mol. The summed E-state index contributed by atoms with van der Waals surface area (Å²) in [6, 6.07) is 0. The van der Waals surface area contributed by atoms with E-state index in [4.69, 9.17) is 0 Å². The van der Waals surface area contributed by atoms with Crippen LogP contribution in [0.1, 0.15) is 37.5 Å². The fourth-order valence-corrected chi connectivity index (χ4v) is 6.12. The SMILES string of the molecule is CCc1c(N2CCN(C)CC2)c(CC)c(N2CCN(C)CC2)c(CC)c1N1CCN(C)CC1. The monoisotopic (exact) mass is 456 g/mol. The second-order valence-electron chi connectivity index (χ2n) is 10.4. The third-order valence-corrected chi connectivity index (χ3v) is 8.23. The molecule has 186 valence electrons. The summed E-state index contributed by atoms with van der Waals surface area (Å²) in [4.78, 5) is 15.7. The van der Waals surface area contributed by atoms with E-state index in [1.165, 1.54) is 0 Å². The van der Waals surface area contributed by atoms with Gasteiger partial charge in [0.15, 0.2) is 0 Å². The molecule has 0 amide bonds. The molecule has 0 spiro atoms. The van der Waals surface area contributed by atoms with Gasteiger partial charge in [-0.05, 0) is 57.1 Å². The lowest BCUT2D eigenvalue weighted by Gasteiger charge is -2.44. The molecule has 1 aromatic rings. The molecule has 6 heteroatoms. The smallest absolute Gasteiger partial charge is 0.0473 e. The number of rotatable bonds is 6. The fourth-order valence-electron chi connectivity index (χ4n) is 6.12. The predicted molar refractivity (Wildman–Crippen MR) is 144 cm³/mol. The van der Waals surface area contributed by atoms with Gasteiger partial charge in [0.25, 0.3) is 0 Å². The first-order valence-electron chi connectivity index (χ1n) is 13.5. The summed E-state index contributed by atoms with van der Waals surface area (Å²) in [7, 11) is 6.80. The van der Waals surface area contributed by atoms with Crippen molar-refractivity contribution in [3.05, 3.63) is 16.7 Å². The van der Waals surface area contributed by atoms with Crippen molar-refractivity contribution in [1.29, 1.82) is 0 Å². The summed E-state index contributed by atoms with van der Waals surface area (Å²) in [5.41, 5.74) is 9.64. The summed E-state index contributed by atoms with van der Waals surface area (Å²) < 4.78 is 0. The van der Waals surface area contributed by atoms with Gasteiger partial charge >= 0.3 is 0 Å². The Kier molecular flexibility index (Phi) is 8.08. The minimum atomic E-state index is 1.12. The Morgan fingerprint density at radius 3 is 0.788 bits per heavy atom. The van der Waals surface area contributed by atoms with Crippen LogP contribution in [0.25, 0.3) is 0 Å². The van der Waals surface area contributed by atoms with E-state index in [9.17, 15) is 0 Å². The van der Waals surface area contributed by atoms with E-state index in [0.29, 0.717) is 0 Å². The van der Waals surface area contributed by atoms with Gasteiger partial charge in [0.05, 0.1) is 0 Å². The standard InChI is InChI=1S/C27H48N6/c1-7-22-25(31-16-10-28(4)11-17-31)23(8-2)27(33-20-14-30(6)15-21-33)24(9-3)26(22)32-18-12-29(5)13-19-32/h7-21H2,1-6H3. The van der Waals surface area contributed by atoms with E-state index >= 15 is 0 Å². The van der Waals surface area contributed by atoms with Crippen molar-refractivity contribution in [1.82, 2.24) is 14.7 Å². The molecule has 0 aliphatic carbocycles. The second-order valence-corrected chi connectivity index (χ2v) is 10.4. The Morgan fingerprint density at radius 1 is 0.394 bits per heavy atom. The predicted octanol–water partition coefficient (Wildman–Crippen LogP) is 2.63. The van der Waals surface area contributed by atoms with Gasteiger partial charge in [-0.2, -0.15) is 0 Å². The summed E-state index contributed by atoms with van der Waals surface area (Å²) >= 11 is 0. The highest BCUT2D eigenvalue weighted by atomic mass is 15.3. The lowest BCUT2D eigenvalue weighted by molar-refractivity contribution is 0.310. The molecule has 1 aromatic carbocycles. The minimum absolute atomic E-state index is 1.12. The average Bonchev–Trinajstić information content (AvgIpc) is 2.84. The Labute approximate surface area is 203 Å². The number of piperazine rings is 3. The minimum Gasteiger partial charge on any atom is -0.368 e. The van der Waals surface area contributed by atoms with Gasteiger partial charge in [-0.15, -0.1) is 0 Å². The molecule has 0 bridgehead atoms. The zero-order valence-corrected chi connectivity index (χ0v) is 22.3. The molecule has 0 saturated carbocycles. The van der Waals surface area contributed by atoms with Gasteiger partial charge < -0.3 is 29.4 Å². The number of hydrogen-bond acceptors (Lipinski definition) is 6. The summed E-state index contributed by atoms with van der Waals surface area (Å²) in [5.74, 6) is 0. The van der Waals surface area contributed by atoms with Gasteiger partial charge in [-0.3, -0.25) is 0 Å². The summed E-state index contributed by atoms with van der Waals surface area (Å²) in [6.45, 7) is 21.0. The third kappa shape index (κ3) is 4.98. The van der Waals surface area contributed by atoms with Gasteiger partial charge in [0.2, 0.25) is 0 Å². The van der Waals surface area contributed by atoms with Crippen LogP contribution in [0.3, 0.4) is 0 Å². The largest absolute Gasteiger partial charge is 0.368 e. The Bertz CT molecular complexity index is 658. The van der Waals surface area contributed by atoms with Crippen LogP contribution < -0.4 is 14.7 Å². The van der Waals surface area contributed by atoms with Gasteiger partial charge in [0, 0.05) is 95.6 Å². The van der Waals surface area contributed by atoms with E-state index in [1.54, 1.807) is 33.8 Å². The van der Waals surface area contributed by atoms with Crippen LogP contribution in [0.4, 0.5) is 17.1 Å². The van der Waals surface area contributed by atoms with Crippen molar-refractivity contribution in [3.63, 3.8) is 0 Å². The highest BCUT2D eigenvalue weighted by molar-refractivity contribution is 5.85. The van der Waals surface area contributed by atoms with Crippen molar-refractivity contribution < 1.29 is 0 Å². The quantitative estimate of drug-likeness (QED) is 0.651. The molecular formula is C27H48N6. The van der Waals surface area contributed by atoms with Crippen molar-refractivity contribution in [2.24, 2.45) is 0 Å². The zero-order valence-electron chi connectivity index (χ0n) is 22.3. The lowest BCUT2D eigenvalue weighted by atomic mass is 9.89. The topological polar surface area (TPSA) is 19.4 Å². The van der Waals surface area contributed by atoms with E-state index in [-0.39, 0.29) is 0 Å². The highest BCUT2D eigenvalue weighted by Gasteiger charge is 2.32. The van der Waals surface area contributed by atoms with Crippen LogP contribution in [-0.4, -0.2) is 114 Å². The summed E-state index contributed by atoms with van der Waals surface area (Å²) in [6.07, 6.45) is 3.35. The molecule has 3 aliphatic rings. The van der Waals surface area contributed by atoms with Crippen LogP contribution in [-0.2, 0) is 19.3 Å². The van der Waals surface area contributed by atoms with Crippen LogP contribution in [0.15, 0.2) is 0 Å². The maximum Gasteiger partial charge on any atom is 0.0473 e. The summed E-state index contributed by atoms with van der Waals surface area (Å²) in [5, 5.41) is 0. The second kappa shape index (κ2) is 10.8. The molecule has 0 atom stereocenters. The highest BCUT2D eigenvalue weighted by Crippen LogP contribution is 2.46. The Balaban J connectivity index is 1.90. The van der Waals surface area contributed by atoms with E-state index in [2.05, 4.69) is 71.3 Å². The number of likely N-dealkylation sites (N-methyl/N-ethyl adjacent to an activating group) is 3. The molecule has 0 N–H and O–H groups in total. The van der Waals surface area contributed by atoms with Gasteiger partial charge in [0.1, 0.15) is 0 Å². The van der Waals surface area contributed by atoms with Crippen molar-refractivity contribution in [2.45, 2.75) is 40.0 Å². The molecule has 3 aliphatic heterocycles. The number of anilines is 3. The van der Waals surface area contributed by atoms with Gasteiger partial charge in [-0.25, -0.2) is 0 Å². The zero-order chi connectivity index (χ0) is 23.5. The normalized spacial score (nSPS) is 21.8. The van der Waals surface area contributed by atoms with E-state index < -0.39 is 0 Å². The van der Waals surface area contributed by atoms with Crippen molar-refractivity contribution in [2.75, 3.05) is 114 Å². The first-order valence-corrected chi connectivity index (χ1v) is 13.5. The number of benzene rings is 1. The molecule has 3 fully saturated rings. The maximum atomic E-state index is 2.75. The van der Waals surface area contributed by atoms with E-state index in [0.717, 1.165) is 97.8 Å². The average molecular weight is 457 g/mol.